The van der Waals surface area contributed by atoms with Gasteiger partial charge in [0.2, 0.25) is 0 Å². The van der Waals surface area contributed by atoms with Crippen LogP contribution in [0.3, 0.4) is 0 Å². The lowest BCUT2D eigenvalue weighted by Gasteiger charge is -2.37. The fourth-order valence-corrected chi connectivity index (χ4v) is 6.28. The average molecular weight is 586 g/mol. The molecule has 0 aliphatic heterocycles. The molecular formula is C16H24BN3O14P3-5. The van der Waals surface area contributed by atoms with Crippen LogP contribution in [0.1, 0.15) is 0 Å². The third-order valence-corrected chi connectivity index (χ3v) is 8.78. The molecule has 1 N–H and O–H groups in total. The number of phosphoric ester groups is 1. The highest BCUT2D eigenvalue weighted by Crippen LogP contribution is 2.64. The molecule has 0 aromatic rings. The van der Waals surface area contributed by atoms with Crippen LogP contribution < -0.4 is 30.4 Å². The summed E-state index contributed by atoms with van der Waals surface area (Å²) in [7, 11) is -1.20. The third kappa shape index (κ3) is 18.3. The van der Waals surface area contributed by atoms with E-state index in [1.807, 2.05) is 0 Å². The lowest BCUT2D eigenvalue weighted by atomic mass is 10.2. The molecule has 210 valence electrons. The Hall–Kier alpha value is -1.58. The van der Waals surface area contributed by atoms with Gasteiger partial charge in [0.05, 0.1) is 43.6 Å². The third-order valence-electron chi connectivity index (χ3n) is 4.28. The van der Waals surface area contributed by atoms with Crippen molar-refractivity contribution >= 4 is 61.6 Å². The Bertz CT molecular complexity index is 763. The van der Waals surface area contributed by atoms with E-state index in [1.54, 1.807) is 6.66 Å². The molecule has 0 spiro atoms. The minimum absolute atomic E-state index is 0.0728. The Labute approximate surface area is 216 Å². The number of phosphoric acid groups is 1. The number of carboxylic acids is 5. The number of carbonyl (C=O) groups excluding carboxylic acids is 5. The normalized spacial score (nSPS) is 15.2. The summed E-state index contributed by atoms with van der Waals surface area (Å²) in [5.74, 6) is -8.45. The zero-order valence-corrected chi connectivity index (χ0v) is 22.3. The van der Waals surface area contributed by atoms with Crippen molar-refractivity contribution in [1.29, 1.82) is 0 Å². The van der Waals surface area contributed by atoms with Crippen molar-refractivity contribution in [2.75, 3.05) is 65.6 Å². The second-order valence-electron chi connectivity index (χ2n) is 7.26. The molecule has 0 rings (SSSR count). The highest BCUT2D eigenvalue weighted by atomic mass is 32.1. The highest BCUT2D eigenvalue weighted by molar-refractivity contribution is 8.31. The summed E-state index contributed by atoms with van der Waals surface area (Å²) in [5, 5.41) is 55.3. The number of hydrogen-bond donors (Lipinski definition) is 1. The Morgan fingerprint density at radius 3 is 1.68 bits per heavy atom. The van der Waals surface area contributed by atoms with Crippen molar-refractivity contribution in [1.82, 2.24) is 14.7 Å². The number of rotatable bonds is 22. The lowest BCUT2D eigenvalue weighted by molar-refractivity contribution is -0.313. The van der Waals surface area contributed by atoms with E-state index in [9.17, 15) is 59.3 Å². The Morgan fingerprint density at radius 1 is 0.865 bits per heavy atom. The van der Waals surface area contributed by atoms with Gasteiger partial charge < -0.3 is 54.4 Å². The molecule has 4 unspecified atom stereocenters. The van der Waals surface area contributed by atoms with Gasteiger partial charge in [-0.15, -0.1) is 0 Å². The topological polar surface area (TPSA) is 272 Å². The minimum atomic E-state index is -4.80. The van der Waals surface area contributed by atoms with E-state index < -0.39 is 97.6 Å². The van der Waals surface area contributed by atoms with Crippen LogP contribution >= 0.6 is 24.2 Å². The van der Waals surface area contributed by atoms with Crippen LogP contribution in [0.2, 0.25) is 0 Å². The van der Waals surface area contributed by atoms with Crippen LogP contribution in [-0.2, 0) is 32.8 Å². The van der Waals surface area contributed by atoms with Gasteiger partial charge in [-0.05, 0) is 6.66 Å². The molecule has 0 bridgehead atoms. The summed E-state index contributed by atoms with van der Waals surface area (Å²) >= 11 is 0. The fourth-order valence-electron chi connectivity index (χ4n) is 2.85. The van der Waals surface area contributed by atoms with Crippen molar-refractivity contribution in [3.8, 4) is 0 Å². The molecule has 37 heavy (non-hydrogen) atoms. The number of aliphatic carboxylic acids is 5. The Kier molecular flexibility index (Phi) is 17.1. The Morgan fingerprint density at radius 2 is 1.27 bits per heavy atom. The van der Waals surface area contributed by atoms with E-state index in [1.165, 1.54) is 0 Å². The maximum absolute atomic E-state index is 12.2. The summed E-state index contributed by atoms with van der Waals surface area (Å²) in [5.41, 5.74) is 0. The summed E-state index contributed by atoms with van der Waals surface area (Å²) in [6, 6.07) is -1.41. The first kappa shape index (κ1) is 35.4. The molecule has 17 nitrogen and oxygen atoms in total. The van der Waals surface area contributed by atoms with Crippen molar-refractivity contribution < 1.29 is 68.1 Å². The van der Waals surface area contributed by atoms with Gasteiger partial charge in [0.1, 0.15) is 6.61 Å². The molecule has 0 aliphatic rings. The van der Waals surface area contributed by atoms with E-state index >= 15 is 0 Å². The van der Waals surface area contributed by atoms with E-state index in [2.05, 4.69) is 0 Å². The lowest BCUT2D eigenvalue weighted by Crippen LogP contribution is -2.56. The molecule has 0 saturated carbocycles. The van der Waals surface area contributed by atoms with Crippen LogP contribution in [0, 0.1) is 0 Å². The summed E-state index contributed by atoms with van der Waals surface area (Å²) in [4.78, 5) is 79.9. The molecule has 0 aromatic heterocycles. The number of nitrogens with zero attached hydrogens (tertiary/aromatic N) is 3. The molecular weight excluding hydrogens is 562 g/mol. The summed E-state index contributed by atoms with van der Waals surface area (Å²) < 4.78 is 9.56. The zero-order chi connectivity index (χ0) is 28.8. The van der Waals surface area contributed by atoms with Crippen LogP contribution in [-0.4, -0.2) is 129 Å². The SMILES string of the molecule is [B]P(O[P+]([O-])(O)OCC(CN(CCN(CC(=O)[O-])CC(=O)[O-])CC(=O)[O-])N(CC(=O)[O-])CC(=O)[O-])PC. The summed E-state index contributed by atoms with van der Waals surface area (Å²) in [6.07, 6.45) is 0. The Balaban J connectivity index is 5.87. The van der Waals surface area contributed by atoms with E-state index in [-0.39, 0.29) is 21.4 Å². The maximum atomic E-state index is 12.2. The largest absolute Gasteiger partial charge is 0.606 e. The first-order valence-electron chi connectivity index (χ1n) is 10.1. The first-order valence-corrected chi connectivity index (χ1v) is 15.3. The smallest absolute Gasteiger partial charge is 0.379 e. The molecule has 0 amide bonds. The van der Waals surface area contributed by atoms with Gasteiger partial charge in [0.15, 0.2) is 7.57 Å². The minimum Gasteiger partial charge on any atom is -0.606 e. The van der Waals surface area contributed by atoms with Crippen LogP contribution in [0.15, 0.2) is 0 Å². The number of hydrogen-bond acceptors (Lipinski definition) is 17. The molecule has 0 fully saturated rings. The van der Waals surface area contributed by atoms with Gasteiger partial charge in [-0.3, -0.25) is 14.7 Å². The van der Waals surface area contributed by atoms with Crippen molar-refractivity contribution in [2.24, 2.45) is 0 Å². The molecule has 0 aliphatic carbocycles. The van der Waals surface area contributed by atoms with Crippen molar-refractivity contribution in [3.05, 3.63) is 0 Å². The monoisotopic (exact) mass is 586 g/mol. The van der Waals surface area contributed by atoms with Gasteiger partial charge in [-0.2, -0.15) is 13.7 Å². The van der Waals surface area contributed by atoms with Gasteiger partial charge in [-0.1, -0.05) is 8.27 Å². The standard InChI is InChI=1S/C16H29BN3O14P3/c1-35-36(17)34-37(31,32)33-10-11(20(8-15(27)28)9-16(29)30)4-18(5-12(21)22)2-3-19(6-13(23)24)7-14(25)26/h11,35H,2-10H2,1H3,(H,21,22)(H,23,24)(H,25,26)(H,27,28)(H,29,30)(H,31,32)/p-5. The van der Waals surface area contributed by atoms with Gasteiger partial charge in [0, 0.05) is 52.4 Å². The number of carbonyl (C=O) groups is 5. The predicted molar refractivity (Wildman–Crippen MR) is 116 cm³/mol. The van der Waals surface area contributed by atoms with Gasteiger partial charge in [-0.25, -0.2) is 0 Å². The molecule has 4 atom stereocenters. The average Bonchev–Trinajstić information content (AvgIpc) is 2.71. The van der Waals surface area contributed by atoms with E-state index in [4.69, 9.17) is 16.4 Å². The molecule has 2 radical (unpaired) electrons. The molecule has 0 heterocycles. The van der Waals surface area contributed by atoms with Gasteiger partial charge in [0.25, 0.3) is 0 Å². The fraction of sp³-hybridized carbons (Fsp3) is 0.688. The van der Waals surface area contributed by atoms with Crippen molar-refractivity contribution in [2.45, 2.75) is 6.04 Å². The highest BCUT2D eigenvalue weighted by Gasteiger charge is 2.33. The van der Waals surface area contributed by atoms with Crippen LogP contribution in [0.5, 0.6) is 0 Å². The molecule has 0 saturated heterocycles. The second-order valence-corrected chi connectivity index (χ2v) is 12.9. The summed E-state index contributed by atoms with van der Waals surface area (Å²) in [6.45, 7) is -5.24. The number of carboxylic acid groups (broad SMARTS) is 5. The van der Waals surface area contributed by atoms with E-state index in [0.717, 1.165) is 9.80 Å². The van der Waals surface area contributed by atoms with Crippen LogP contribution in [0.25, 0.3) is 0 Å². The van der Waals surface area contributed by atoms with Crippen LogP contribution in [0.4, 0.5) is 0 Å². The predicted octanol–water partition coefficient (Wildman–Crippen LogP) is -9.22. The second kappa shape index (κ2) is 17.8. The zero-order valence-electron chi connectivity index (χ0n) is 19.5. The maximum Gasteiger partial charge on any atom is 0.379 e. The van der Waals surface area contributed by atoms with Crippen molar-refractivity contribution in [3.63, 3.8) is 0 Å². The first-order chi connectivity index (χ1) is 17.0. The quantitative estimate of drug-likeness (QED) is 0.0911. The molecule has 21 heteroatoms. The van der Waals surface area contributed by atoms with E-state index in [0.29, 0.717) is 4.90 Å². The van der Waals surface area contributed by atoms with Gasteiger partial charge >= 0.3 is 8.17 Å². The molecule has 0 aromatic carbocycles.